The first-order valence-electron chi connectivity index (χ1n) is 34.1. The number of unbranched alkanes of at least 4 members (excludes halogenated alkanes) is 44. The second-order valence-electron chi connectivity index (χ2n) is 23.1. The molecular formula is C71H131NO5. The molecule has 0 aliphatic carbocycles. The number of rotatable bonds is 63. The first kappa shape index (κ1) is 74.6. The van der Waals surface area contributed by atoms with E-state index < -0.39 is 12.1 Å². The zero-order valence-corrected chi connectivity index (χ0v) is 51.4. The van der Waals surface area contributed by atoms with Crippen LogP contribution < -0.4 is 5.32 Å². The minimum atomic E-state index is -0.846. The number of carbonyl (C=O) groups is 2. The number of amides is 1. The Labute approximate surface area is 479 Å². The number of carbonyl (C=O) groups excluding carboxylic acids is 2. The summed E-state index contributed by atoms with van der Waals surface area (Å²) < 4.78 is 5.48. The van der Waals surface area contributed by atoms with Gasteiger partial charge in [-0.25, -0.2) is 0 Å². The molecule has 0 aliphatic rings. The average molecular weight is 1080 g/mol. The molecule has 450 valence electrons. The van der Waals surface area contributed by atoms with Gasteiger partial charge in [0.1, 0.15) is 0 Å². The molecule has 0 bridgehead atoms. The summed E-state index contributed by atoms with van der Waals surface area (Å²) >= 11 is 0. The van der Waals surface area contributed by atoms with Gasteiger partial charge in [-0.1, -0.05) is 306 Å². The number of hydrogen-bond donors (Lipinski definition) is 3. The van der Waals surface area contributed by atoms with Gasteiger partial charge in [-0.05, 0) is 96.3 Å². The van der Waals surface area contributed by atoms with Crippen LogP contribution in [0.1, 0.15) is 354 Å². The van der Waals surface area contributed by atoms with Gasteiger partial charge >= 0.3 is 5.97 Å². The van der Waals surface area contributed by atoms with Crippen LogP contribution in [0.3, 0.4) is 0 Å². The molecule has 0 fully saturated rings. The van der Waals surface area contributed by atoms with Gasteiger partial charge in [0.15, 0.2) is 0 Å². The van der Waals surface area contributed by atoms with E-state index in [9.17, 15) is 19.8 Å². The van der Waals surface area contributed by atoms with Crippen molar-refractivity contribution in [1.82, 2.24) is 5.32 Å². The van der Waals surface area contributed by atoms with Crippen molar-refractivity contribution >= 4 is 11.9 Å². The maximum Gasteiger partial charge on any atom is 0.305 e. The van der Waals surface area contributed by atoms with Crippen LogP contribution in [0.25, 0.3) is 0 Å². The lowest BCUT2D eigenvalue weighted by molar-refractivity contribution is -0.143. The Morgan fingerprint density at radius 1 is 0.364 bits per heavy atom. The third kappa shape index (κ3) is 62.6. The fraction of sp³-hybridized carbons (Fsp3) is 0.831. The van der Waals surface area contributed by atoms with Crippen LogP contribution in [0, 0.1) is 0 Å². The second-order valence-corrected chi connectivity index (χ2v) is 23.1. The highest BCUT2D eigenvalue weighted by Crippen LogP contribution is 2.17. The molecule has 0 aromatic heterocycles. The minimum absolute atomic E-state index is 0.00268. The molecule has 0 aromatic carbocycles. The van der Waals surface area contributed by atoms with E-state index in [4.69, 9.17) is 4.74 Å². The summed E-state index contributed by atoms with van der Waals surface area (Å²) in [5.74, 6) is -0.0705. The lowest BCUT2D eigenvalue weighted by Gasteiger charge is -2.20. The van der Waals surface area contributed by atoms with Crippen LogP contribution in [0.5, 0.6) is 0 Å². The van der Waals surface area contributed by atoms with Crippen molar-refractivity contribution in [1.29, 1.82) is 0 Å². The van der Waals surface area contributed by atoms with Crippen molar-refractivity contribution in [3.8, 4) is 0 Å². The monoisotopic (exact) mass is 1080 g/mol. The Morgan fingerprint density at radius 2 is 0.649 bits per heavy atom. The molecule has 2 atom stereocenters. The smallest absolute Gasteiger partial charge is 0.305 e. The Hall–Kier alpha value is -2.44. The van der Waals surface area contributed by atoms with Gasteiger partial charge in [0.2, 0.25) is 5.91 Å². The SMILES string of the molecule is CCCCC/C=C\C/C=C\CCCCCCCC(=O)OCCCCCCCCCCC/C=C\C/C=C\CCCCCCCCCCCCCCCC(=O)NC(CO)C(O)/C=C/CCCCCCCCCCCCCCCC. The maximum atomic E-state index is 12.5. The molecule has 0 rings (SSSR count). The molecule has 0 radical (unpaired) electrons. The van der Waals surface area contributed by atoms with E-state index in [1.165, 1.54) is 270 Å². The van der Waals surface area contributed by atoms with E-state index in [1.54, 1.807) is 6.08 Å². The number of nitrogens with one attached hydrogen (secondary N) is 1. The van der Waals surface area contributed by atoms with Gasteiger partial charge in [0.25, 0.3) is 0 Å². The third-order valence-electron chi connectivity index (χ3n) is 15.5. The molecule has 0 saturated heterocycles. The normalized spacial score (nSPS) is 12.9. The number of esters is 1. The Kier molecular flexibility index (Phi) is 64.0. The first-order valence-corrected chi connectivity index (χ1v) is 34.1. The molecule has 3 N–H and O–H groups in total. The van der Waals surface area contributed by atoms with Gasteiger partial charge in [-0.3, -0.25) is 9.59 Å². The number of ether oxygens (including phenoxy) is 1. The highest BCUT2D eigenvalue weighted by molar-refractivity contribution is 5.76. The topological polar surface area (TPSA) is 95.9 Å². The van der Waals surface area contributed by atoms with Crippen LogP contribution in [0.15, 0.2) is 60.8 Å². The number of hydrogen-bond acceptors (Lipinski definition) is 5. The predicted octanol–water partition coefficient (Wildman–Crippen LogP) is 21.9. The summed E-state index contributed by atoms with van der Waals surface area (Å²) in [4.78, 5) is 24.5. The van der Waals surface area contributed by atoms with E-state index in [-0.39, 0.29) is 18.5 Å². The fourth-order valence-corrected chi connectivity index (χ4v) is 10.3. The number of allylic oxidation sites excluding steroid dienone is 9. The van der Waals surface area contributed by atoms with E-state index in [0.717, 1.165) is 57.8 Å². The lowest BCUT2D eigenvalue weighted by atomic mass is 10.0. The van der Waals surface area contributed by atoms with Crippen molar-refractivity contribution in [3.05, 3.63) is 60.8 Å². The number of aliphatic hydroxyl groups is 2. The Balaban J connectivity index is 3.43. The summed E-state index contributed by atoms with van der Waals surface area (Å²) in [6, 6.07) is -0.630. The molecule has 0 saturated carbocycles. The zero-order valence-electron chi connectivity index (χ0n) is 51.4. The number of aliphatic hydroxyl groups excluding tert-OH is 2. The lowest BCUT2D eigenvalue weighted by Crippen LogP contribution is -2.45. The van der Waals surface area contributed by atoms with Crippen molar-refractivity contribution in [3.63, 3.8) is 0 Å². The van der Waals surface area contributed by atoms with E-state index in [2.05, 4.69) is 67.8 Å². The van der Waals surface area contributed by atoms with Gasteiger partial charge < -0.3 is 20.3 Å². The summed E-state index contributed by atoms with van der Waals surface area (Å²) in [6.07, 6.45) is 87.1. The zero-order chi connectivity index (χ0) is 55.7. The van der Waals surface area contributed by atoms with Gasteiger partial charge in [-0.15, -0.1) is 0 Å². The molecule has 0 aliphatic heterocycles. The highest BCUT2D eigenvalue weighted by Gasteiger charge is 2.18. The van der Waals surface area contributed by atoms with E-state index in [1.807, 2.05) is 6.08 Å². The first-order chi connectivity index (χ1) is 38.0. The molecule has 6 heteroatoms. The summed E-state index contributed by atoms with van der Waals surface area (Å²) in [5, 5.41) is 23.2. The van der Waals surface area contributed by atoms with Crippen LogP contribution >= 0.6 is 0 Å². The molecule has 0 spiro atoms. The molecule has 6 nitrogen and oxygen atoms in total. The quantitative estimate of drug-likeness (QED) is 0.0320. The Bertz CT molecular complexity index is 1340. The average Bonchev–Trinajstić information content (AvgIpc) is 3.43. The summed E-state index contributed by atoms with van der Waals surface area (Å²) in [5.41, 5.74) is 0. The van der Waals surface area contributed by atoms with Gasteiger partial charge in [0.05, 0.1) is 25.4 Å². The largest absolute Gasteiger partial charge is 0.466 e. The van der Waals surface area contributed by atoms with Crippen molar-refractivity contribution in [2.45, 2.75) is 366 Å². The predicted molar refractivity (Wildman–Crippen MR) is 338 cm³/mol. The van der Waals surface area contributed by atoms with Crippen molar-refractivity contribution in [2.75, 3.05) is 13.2 Å². The summed E-state index contributed by atoms with van der Waals surface area (Å²) in [6.45, 7) is 4.88. The van der Waals surface area contributed by atoms with E-state index in [0.29, 0.717) is 19.4 Å². The van der Waals surface area contributed by atoms with Crippen LogP contribution in [-0.4, -0.2) is 47.4 Å². The van der Waals surface area contributed by atoms with Crippen molar-refractivity contribution < 1.29 is 24.5 Å². The van der Waals surface area contributed by atoms with Crippen LogP contribution in [0.2, 0.25) is 0 Å². The van der Waals surface area contributed by atoms with Gasteiger partial charge in [0, 0.05) is 12.8 Å². The Morgan fingerprint density at radius 3 is 1.01 bits per heavy atom. The maximum absolute atomic E-state index is 12.5. The van der Waals surface area contributed by atoms with Crippen LogP contribution in [-0.2, 0) is 14.3 Å². The molecule has 0 aromatic rings. The molecule has 0 heterocycles. The highest BCUT2D eigenvalue weighted by atomic mass is 16.5. The van der Waals surface area contributed by atoms with Crippen molar-refractivity contribution in [2.24, 2.45) is 0 Å². The van der Waals surface area contributed by atoms with E-state index >= 15 is 0 Å². The molecule has 1 amide bonds. The summed E-state index contributed by atoms with van der Waals surface area (Å²) in [7, 11) is 0. The molecule has 2 unspecified atom stereocenters. The standard InChI is InChI=1S/C71H131NO5/c1-3-5-7-9-11-13-15-17-19-36-39-43-47-51-55-59-63-69(74)68(67-73)72-70(75)64-60-56-52-48-44-40-37-33-31-29-27-25-23-21-20-22-24-26-28-30-32-34-38-42-46-50-54-58-62-66-77-71(76)65-61-57-53-49-45-41-35-18-16-14-12-10-8-6-4-2/h12,14,18,20,22,26,28,35,59,63,68-69,73-74H,3-11,13,15-17,19,21,23-25,27,29-34,36-58,60-62,64-67H2,1-2H3,(H,72,75)/b14-12-,22-20-,28-26-,35-18-,63-59+. The fourth-order valence-electron chi connectivity index (χ4n) is 10.3. The second kappa shape index (κ2) is 66.1. The van der Waals surface area contributed by atoms with Crippen LogP contribution in [0.4, 0.5) is 0 Å². The third-order valence-corrected chi connectivity index (χ3v) is 15.5. The molecular weight excluding hydrogens is 947 g/mol. The molecule has 77 heavy (non-hydrogen) atoms. The van der Waals surface area contributed by atoms with Gasteiger partial charge in [-0.2, -0.15) is 0 Å². The minimum Gasteiger partial charge on any atom is -0.466 e.